The lowest BCUT2D eigenvalue weighted by Gasteiger charge is -2.45. The van der Waals surface area contributed by atoms with Crippen molar-refractivity contribution < 1.29 is 19.8 Å². The summed E-state index contributed by atoms with van der Waals surface area (Å²) >= 11 is 0. The predicted octanol–water partition coefficient (Wildman–Crippen LogP) is 2.13. The van der Waals surface area contributed by atoms with Crippen LogP contribution in [-0.2, 0) is 28.9 Å². The van der Waals surface area contributed by atoms with Crippen molar-refractivity contribution in [3.05, 3.63) is 102 Å². The molecular weight excluding hydrogens is 504 g/mol. The van der Waals surface area contributed by atoms with E-state index in [1.165, 1.54) is 5.56 Å². The summed E-state index contributed by atoms with van der Waals surface area (Å²) in [6, 6.07) is 25.1. The number of phenols is 1. The van der Waals surface area contributed by atoms with Crippen LogP contribution < -0.4 is 11.1 Å². The molecule has 4 rings (SSSR count). The molecule has 0 saturated carbocycles. The number of rotatable bonds is 11. The Balaban J connectivity index is 1.42. The van der Waals surface area contributed by atoms with Crippen LogP contribution in [0.15, 0.2) is 84.9 Å². The molecule has 0 aromatic heterocycles. The summed E-state index contributed by atoms with van der Waals surface area (Å²) in [6.45, 7) is 3.49. The zero-order valence-electron chi connectivity index (χ0n) is 23.0. The van der Waals surface area contributed by atoms with Crippen LogP contribution in [0.5, 0.6) is 5.75 Å². The molecule has 1 fully saturated rings. The fraction of sp³-hybridized carbons (Fsp3) is 0.375. The molecule has 1 aliphatic rings. The molecule has 0 bridgehead atoms. The number of nitrogens with one attached hydrogen (secondary N) is 1. The van der Waals surface area contributed by atoms with Crippen molar-refractivity contribution in [2.24, 2.45) is 5.73 Å². The average Bonchev–Trinajstić information content (AvgIpc) is 2.97. The van der Waals surface area contributed by atoms with Crippen molar-refractivity contribution in [1.82, 2.24) is 15.1 Å². The number of carbonyl (C=O) groups is 2. The van der Waals surface area contributed by atoms with E-state index in [9.17, 15) is 19.8 Å². The van der Waals surface area contributed by atoms with Gasteiger partial charge in [-0.25, -0.2) is 0 Å². The maximum atomic E-state index is 13.7. The SMILES string of the molecule is C[C@@H](NC(=O)[C@@H](N)Cc1ccc(O)cc1)C(=O)N1CCN([C@@H](CO)Cc2ccccc2)C[C@H]1Cc1ccccc1. The summed E-state index contributed by atoms with van der Waals surface area (Å²) < 4.78 is 0. The van der Waals surface area contributed by atoms with Gasteiger partial charge in [0.25, 0.3) is 0 Å². The molecule has 4 atom stereocenters. The van der Waals surface area contributed by atoms with E-state index < -0.39 is 18.0 Å². The molecule has 3 aromatic rings. The van der Waals surface area contributed by atoms with Crippen LogP contribution in [0, 0.1) is 0 Å². The van der Waals surface area contributed by atoms with Gasteiger partial charge in [0.1, 0.15) is 11.8 Å². The highest BCUT2D eigenvalue weighted by Gasteiger charge is 2.35. The van der Waals surface area contributed by atoms with Gasteiger partial charge in [-0.15, -0.1) is 0 Å². The molecule has 2 amide bonds. The summed E-state index contributed by atoms with van der Waals surface area (Å²) in [5, 5.41) is 22.5. The maximum Gasteiger partial charge on any atom is 0.245 e. The maximum absolute atomic E-state index is 13.7. The van der Waals surface area contributed by atoms with Gasteiger partial charge in [-0.2, -0.15) is 0 Å². The minimum atomic E-state index is -0.819. The third-order valence-corrected chi connectivity index (χ3v) is 7.61. The fourth-order valence-corrected chi connectivity index (χ4v) is 5.37. The molecule has 0 aliphatic carbocycles. The first kappa shape index (κ1) is 29.3. The third kappa shape index (κ3) is 7.91. The van der Waals surface area contributed by atoms with Crippen molar-refractivity contribution in [3.63, 3.8) is 0 Å². The first-order valence-corrected chi connectivity index (χ1v) is 13.9. The van der Waals surface area contributed by atoms with Gasteiger partial charge in [0.2, 0.25) is 11.8 Å². The second kappa shape index (κ2) is 14.1. The molecule has 0 spiro atoms. The van der Waals surface area contributed by atoms with Gasteiger partial charge >= 0.3 is 0 Å². The third-order valence-electron chi connectivity index (χ3n) is 7.61. The second-order valence-corrected chi connectivity index (χ2v) is 10.6. The van der Waals surface area contributed by atoms with E-state index in [-0.39, 0.29) is 30.3 Å². The van der Waals surface area contributed by atoms with Crippen LogP contribution in [-0.4, -0.2) is 82.2 Å². The molecule has 8 heteroatoms. The zero-order chi connectivity index (χ0) is 28.5. The van der Waals surface area contributed by atoms with E-state index in [1.54, 1.807) is 31.2 Å². The Hall–Kier alpha value is -3.72. The van der Waals surface area contributed by atoms with Crippen LogP contribution in [0.2, 0.25) is 0 Å². The van der Waals surface area contributed by atoms with Gasteiger partial charge in [-0.05, 0) is 55.0 Å². The molecule has 1 saturated heterocycles. The monoisotopic (exact) mass is 544 g/mol. The number of phenolic OH excluding ortho intramolecular Hbond substituents is 1. The van der Waals surface area contributed by atoms with E-state index in [1.807, 2.05) is 41.3 Å². The van der Waals surface area contributed by atoms with Gasteiger partial charge in [0, 0.05) is 31.7 Å². The number of aliphatic hydroxyl groups is 1. The van der Waals surface area contributed by atoms with E-state index in [0.717, 1.165) is 17.5 Å². The average molecular weight is 545 g/mol. The number of amides is 2. The van der Waals surface area contributed by atoms with Crippen LogP contribution >= 0.6 is 0 Å². The molecule has 212 valence electrons. The van der Waals surface area contributed by atoms with Crippen LogP contribution in [0.1, 0.15) is 23.6 Å². The van der Waals surface area contributed by atoms with Crippen LogP contribution in [0.4, 0.5) is 0 Å². The molecule has 8 nitrogen and oxygen atoms in total. The number of benzene rings is 3. The Bertz CT molecular complexity index is 1220. The number of hydrogen-bond acceptors (Lipinski definition) is 6. The fourth-order valence-electron chi connectivity index (χ4n) is 5.37. The van der Waals surface area contributed by atoms with E-state index in [2.05, 4.69) is 34.5 Å². The van der Waals surface area contributed by atoms with Gasteiger partial charge in [-0.3, -0.25) is 14.5 Å². The normalized spacial score (nSPS) is 18.1. The lowest BCUT2D eigenvalue weighted by molar-refractivity contribution is -0.141. The van der Waals surface area contributed by atoms with E-state index in [0.29, 0.717) is 32.5 Å². The number of carbonyl (C=O) groups excluding carboxylic acids is 2. The first-order chi connectivity index (χ1) is 19.3. The molecule has 0 unspecified atom stereocenters. The molecule has 0 radical (unpaired) electrons. The number of aliphatic hydroxyl groups excluding tert-OH is 1. The van der Waals surface area contributed by atoms with Gasteiger partial charge in [0.05, 0.1) is 12.6 Å². The Morgan fingerprint density at radius 2 is 1.50 bits per heavy atom. The minimum absolute atomic E-state index is 0.0340. The van der Waals surface area contributed by atoms with E-state index in [4.69, 9.17) is 5.73 Å². The number of nitrogens with zero attached hydrogens (tertiary/aromatic N) is 2. The van der Waals surface area contributed by atoms with Crippen molar-refractivity contribution >= 4 is 11.8 Å². The topological polar surface area (TPSA) is 119 Å². The summed E-state index contributed by atoms with van der Waals surface area (Å²) in [5.74, 6) is -0.388. The number of piperazine rings is 1. The van der Waals surface area contributed by atoms with Gasteiger partial charge in [-0.1, -0.05) is 72.8 Å². The van der Waals surface area contributed by atoms with Crippen molar-refractivity contribution in [2.45, 2.75) is 50.4 Å². The standard InChI is InChI=1S/C32H40N4O4/c1-23(34-31(39)30(33)20-26-12-14-29(38)15-13-26)32(40)36-17-16-35(21-27(36)18-24-8-4-2-5-9-24)28(22-37)19-25-10-6-3-7-11-25/h2-15,23,27-28,30,37-38H,16-22,33H2,1H3,(H,34,39)/t23-,27-,28-,30+/m1/s1. The quantitative estimate of drug-likeness (QED) is 0.294. The molecule has 3 aromatic carbocycles. The molecule has 5 N–H and O–H groups in total. The smallest absolute Gasteiger partial charge is 0.245 e. The highest BCUT2D eigenvalue weighted by Crippen LogP contribution is 2.20. The summed E-state index contributed by atoms with van der Waals surface area (Å²) in [5.41, 5.74) is 9.26. The minimum Gasteiger partial charge on any atom is -0.508 e. The zero-order valence-corrected chi connectivity index (χ0v) is 23.0. The summed E-state index contributed by atoms with van der Waals surface area (Å²) in [6.07, 6.45) is 1.70. The Kier molecular flexibility index (Phi) is 10.3. The number of hydrogen-bond donors (Lipinski definition) is 4. The summed E-state index contributed by atoms with van der Waals surface area (Å²) in [4.78, 5) is 30.7. The molecule has 1 heterocycles. The van der Waals surface area contributed by atoms with E-state index >= 15 is 0 Å². The number of aromatic hydroxyl groups is 1. The predicted molar refractivity (Wildman–Crippen MR) is 156 cm³/mol. The Morgan fingerprint density at radius 1 is 0.900 bits per heavy atom. The van der Waals surface area contributed by atoms with Crippen molar-refractivity contribution in [1.29, 1.82) is 0 Å². The largest absolute Gasteiger partial charge is 0.508 e. The molecular formula is C32H40N4O4. The van der Waals surface area contributed by atoms with Gasteiger partial charge in [0.15, 0.2) is 0 Å². The Morgan fingerprint density at radius 3 is 2.12 bits per heavy atom. The van der Waals surface area contributed by atoms with Gasteiger partial charge < -0.3 is 26.2 Å². The lowest BCUT2D eigenvalue weighted by Crippen LogP contribution is -2.62. The van der Waals surface area contributed by atoms with Crippen molar-refractivity contribution in [3.8, 4) is 5.75 Å². The highest BCUT2D eigenvalue weighted by atomic mass is 16.3. The lowest BCUT2D eigenvalue weighted by atomic mass is 9.98. The van der Waals surface area contributed by atoms with Crippen molar-refractivity contribution in [2.75, 3.05) is 26.2 Å². The molecule has 40 heavy (non-hydrogen) atoms. The molecule has 1 aliphatic heterocycles. The van der Waals surface area contributed by atoms with Crippen LogP contribution in [0.3, 0.4) is 0 Å². The summed E-state index contributed by atoms with van der Waals surface area (Å²) in [7, 11) is 0. The first-order valence-electron chi connectivity index (χ1n) is 13.9. The van der Waals surface area contributed by atoms with Crippen LogP contribution in [0.25, 0.3) is 0 Å². The second-order valence-electron chi connectivity index (χ2n) is 10.6. The Labute approximate surface area is 236 Å². The highest BCUT2D eigenvalue weighted by molar-refractivity contribution is 5.89. The number of nitrogens with two attached hydrogens (primary N) is 1.